The lowest BCUT2D eigenvalue weighted by Gasteiger charge is -2.25. The number of halogens is 1. The molecule has 1 aliphatic rings. The summed E-state index contributed by atoms with van der Waals surface area (Å²) >= 11 is 0. The Balaban J connectivity index is 2.64. The Labute approximate surface area is 119 Å². The highest BCUT2D eigenvalue weighted by atomic mass is 19.1. The molecule has 4 atom stereocenters. The van der Waals surface area contributed by atoms with Crippen molar-refractivity contribution in [2.75, 3.05) is 6.61 Å². The van der Waals surface area contributed by atoms with E-state index in [-0.39, 0.29) is 5.69 Å². The molecule has 0 aliphatic carbocycles. The van der Waals surface area contributed by atoms with E-state index in [0.29, 0.717) is 0 Å². The quantitative estimate of drug-likeness (QED) is 0.597. The molecular formula is C13H15FN2O5. The van der Waals surface area contributed by atoms with Crippen LogP contribution in [0.3, 0.4) is 0 Å². The van der Waals surface area contributed by atoms with E-state index in [1.807, 2.05) is 4.98 Å². The standard InChI is InChI=1S/C13H15FN2O5/c1-3-4-13(14)10(19)8(6-17)21-11(13)16-7(2)5-9(18)15-12(16)20/h5,8,10-11,17,19H,6H2,1-2H3,(H,15,18,20)/t8-,10+,11-,13?/m1/s1. The van der Waals surface area contributed by atoms with Crippen LogP contribution < -0.4 is 11.2 Å². The van der Waals surface area contributed by atoms with Crippen LogP contribution in [0.25, 0.3) is 0 Å². The van der Waals surface area contributed by atoms with Gasteiger partial charge in [-0.25, -0.2) is 9.18 Å². The smallest absolute Gasteiger partial charge is 0.330 e. The highest BCUT2D eigenvalue weighted by Crippen LogP contribution is 2.40. The molecule has 1 aromatic rings. The monoisotopic (exact) mass is 298 g/mol. The highest BCUT2D eigenvalue weighted by molar-refractivity contribution is 5.23. The third kappa shape index (κ3) is 2.40. The summed E-state index contributed by atoms with van der Waals surface area (Å²) < 4.78 is 21.2. The van der Waals surface area contributed by atoms with Gasteiger partial charge in [-0.05, 0) is 13.8 Å². The average molecular weight is 298 g/mol. The first-order chi connectivity index (χ1) is 9.85. The minimum Gasteiger partial charge on any atom is -0.394 e. The minimum absolute atomic E-state index is 0.152. The van der Waals surface area contributed by atoms with Crippen molar-refractivity contribution in [2.45, 2.75) is 38.0 Å². The van der Waals surface area contributed by atoms with Gasteiger partial charge in [0.15, 0.2) is 6.23 Å². The fourth-order valence-corrected chi connectivity index (χ4v) is 2.39. The Morgan fingerprint density at radius 1 is 1.57 bits per heavy atom. The maximum Gasteiger partial charge on any atom is 0.330 e. The predicted molar refractivity (Wildman–Crippen MR) is 70.4 cm³/mol. The van der Waals surface area contributed by atoms with Crippen molar-refractivity contribution in [1.29, 1.82) is 0 Å². The minimum atomic E-state index is -2.57. The summed E-state index contributed by atoms with van der Waals surface area (Å²) in [6.45, 7) is 2.17. The van der Waals surface area contributed by atoms with Gasteiger partial charge in [0.2, 0.25) is 5.67 Å². The van der Waals surface area contributed by atoms with E-state index in [4.69, 9.17) is 9.84 Å². The van der Waals surface area contributed by atoms with Crippen LogP contribution in [0.4, 0.5) is 4.39 Å². The molecule has 0 aromatic carbocycles. The van der Waals surface area contributed by atoms with E-state index in [1.54, 1.807) is 0 Å². The highest BCUT2D eigenvalue weighted by Gasteiger charge is 2.58. The summed E-state index contributed by atoms with van der Waals surface area (Å²) in [5.41, 5.74) is -3.93. The lowest BCUT2D eigenvalue weighted by Crippen LogP contribution is -2.45. The number of ether oxygens (including phenoxy) is 1. The molecule has 114 valence electrons. The van der Waals surface area contributed by atoms with Gasteiger partial charge < -0.3 is 14.9 Å². The molecule has 0 saturated carbocycles. The molecule has 0 amide bonds. The molecule has 1 fully saturated rings. The van der Waals surface area contributed by atoms with Crippen LogP contribution >= 0.6 is 0 Å². The molecular weight excluding hydrogens is 283 g/mol. The lowest BCUT2D eigenvalue weighted by molar-refractivity contribution is -0.0552. The largest absolute Gasteiger partial charge is 0.394 e. The van der Waals surface area contributed by atoms with Gasteiger partial charge in [0.05, 0.1) is 6.61 Å². The number of alkyl halides is 1. The topological polar surface area (TPSA) is 105 Å². The molecule has 8 heteroatoms. The van der Waals surface area contributed by atoms with Crippen LogP contribution in [0.15, 0.2) is 15.7 Å². The summed E-state index contributed by atoms with van der Waals surface area (Å²) in [5.74, 6) is 4.54. The van der Waals surface area contributed by atoms with Gasteiger partial charge in [-0.15, -0.1) is 5.92 Å². The van der Waals surface area contributed by atoms with Crippen LogP contribution in [-0.4, -0.2) is 44.2 Å². The number of nitrogens with one attached hydrogen (secondary N) is 1. The number of rotatable bonds is 2. The molecule has 1 aliphatic heterocycles. The van der Waals surface area contributed by atoms with Gasteiger partial charge in [0, 0.05) is 11.8 Å². The number of hydrogen-bond donors (Lipinski definition) is 3. The van der Waals surface area contributed by atoms with E-state index >= 15 is 4.39 Å². The van der Waals surface area contributed by atoms with E-state index in [0.717, 1.165) is 10.6 Å². The number of nitrogens with zero attached hydrogens (tertiary/aromatic N) is 1. The third-order valence-corrected chi connectivity index (χ3v) is 3.35. The molecule has 1 aromatic heterocycles. The fourth-order valence-electron chi connectivity index (χ4n) is 2.39. The van der Waals surface area contributed by atoms with Crippen LogP contribution in [0.1, 0.15) is 18.8 Å². The summed E-state index contributed by atoms with van der Waals surface area (Å²) in [6, 6.07) is 1.10. The van der Waals surface area contributed by atoms with E-state index in [2.05, 4.69) is 11.8 Å². The molecule has 1 saturated heterocycles. The number of hydrogen-bond acceptors (Lipinski definition) is 5. The van der Waals surface area contributed by atoms with Gasteiger partial charge in [0.1, 0.15) is 12.2 Å². The zero-order valence-electron chi connectivity index (χ0n) is 11.5. The summed E-state index contributed by atoms with van der Waals surface area (Å²) in [7, 11) is 0. The maximum atomic E-state index is 15.0. The second-order valence-corrected chi connectivity index (χ2v) is 4.75. The molecule has 2 heterocycles. The molecule has 2 rings (SSSR count). The van der Waals surface area contributed by atoms with Crippen molar-refractivity contribution in [1.82, 2.24) is 9.55 Å². The van der Waals surface area contributed by atoms with Crippen molar-refractivity contribution in [3.8, 4) is 11.8 Å². The summed E-state index contributed by atoms with van der Waals surface area (Å²) in [6.07, 6.45) is -4.52. The number of aryl methyl sites for hydroxylation is 1. The number of aliphatic hydroxyl groups is 2. The van der Waals surface area contributed by atoms with Gasteiger partial charge >= 0.3 is 5.69 Å². The SMILES string of the molecule is CC#CC1(F)[C@@H](O)[C@@H](CO)O[C@H]1n1c(C)cc(=O)[nH]c1=O. The van der Waals surface area contributed by atoms with E-state index in [1.165, 1.54) is 13.8 Å². The van der Waals surface area contributed by atoms with Gasteiger partial charge in [-0.1, -0.05) is 5.92 Å². The second-order valence-electron chi connectivity index (χ2n) is 4.75. The first kappa shape index (κ1) is 15.4. The van der Waals surface area contributed by atoms with Crippen molar-refractivity contribution < 1.29 is 19.3 Å². The zero-order chi connectivity index (χ0) is 15.8. The molecule has 21 heavy (non-hydrogen) atoms. The molecule has 7 nitrogen and oxygen atoms in total. The van der Waals surface area contributed by atoms with Crippen molar-refractivity contribution in [2.24, 2.45) is 0 Å². The Morgan fingerprint density at radius 3 is 2.76 bits per heavy atom. The van der Waals surface area contributed by atoms with E-state index in [9.17, 15) is 14.7 Å². The number of aromatic amines is 1. The van der Waals surface area contributed by atoms with Crippen molar-refractivity contribution >= 4 is 0 Å². The lowest BCUT2D eigenvalue weighted by atomic mass is 9.96. The fraction of sp³-hybridized carbons (Fsp3) is 0.538. The van der Waals surface area contributed by atoms with Crippen LogP contribution in [0, 0.1) is 18.8 Å². The molecule has 0 bridgehead atoms. The van der Waals surface area contributed by atoms with Gasteiger partial charge in [0.25, 0.3) is 5.56 Å². The van der Waals surface area contributed by atoms with Crippen molar-refractivity contribution in [3.63, 3.8) is 0 Å². The van der Waals surface area contributed by atoms with Crippen LogP contribution in [-0.2, 0) is 4.74 Å². The number of H-pyrrole nitrogens is 1. The normalized spacial score (nSPS) is 31.8. The Morgan fingerprint density at radius 2 is 2.24 bits per heavy atom. The third-order valence-electron chi connectivity index (χ3n) is 3.35. The van der Waals surface area contributed by atoms with Crippen LogP contribution in [0.2, 0.25) is 0 Å². The number of aromatic nitrogens is 2. The summed E-state index contributed by atoms with van der Waals surface area (Å²) in [4.78, 5) is 25.1. The Kier molecular flexibility index (Phi) is 4.00. The first-order valence-corrected chi connectivity index (χ1v) is 6.24. The van der Waals surface area contributed by atoms with Gasteiger partial charge in [-0.3, -0.25) is 14.3 Å². The van der Waals surface area contributed by atoms with Crippen molar-refractivity contribution in [3.05, 3.63) is 32.6 Å². The van der Waals surface area contributed by atoms with E-state index < -0.39 is 42.0 Å². The molecule has 0 radical (unpaired) electrons. The molecule has 3 N–H and O–H groups in total. The van der Waals surface area contributed by atoms with Crippen LogP contribution in [0.5, 0.6) is 0 Å². The predicted octanol–water partition coefficient (Wildman–Crippen LogP) is -1.17. The van der Waals surface area contributed by atoms with Gasteiger partial charge in [-0.2, -0.15) is 0 Å². The first-order valence-electron chi connectivity index (χ1n) is 6.24. The zero-order valence-corrected chi connectivity index (χ0v) is 11.5. The summed E-state index contributed by atoms with van der Waals surface area (Å²) in [5, 5.41) is 19.1. The maximum absolute atomic E-state index is 15.0. The number of aliphatic hydroxyl groups excluding tert-OH is 2. The Hall–Kier alpha value is -1.95. The second kappa shape index (κ2) is 5.44. The molecule has 0 spiro atoms. The Bertz CT molecular complexity index is 716. The average Bonchev–Trinajstić information content (AvgIpc) is 2.63. The molecule has 1 unspecified atom stereocenters.